The lowest BCUT2D eigenvalue weighted by Gasteiger charge is -2.35. The van der Waals surface area contributed by atoms with Crippen LogP contribution in [0.25, 0.3) is 0 Å². The van der Waals surface area contributed by atoms with Crippen molar-refractivity contribution >= 4 is 50.7 Å². The first-order valence-corrected chi connectivity index (χ1v) is 18.4. The van der Waals surface area contributed by atoms with Crippen molar-refractivity contribution in [2.45, 2.75) is 57.1 Å². The van der Waals surface area contributed by atoms with Crippen LogP contribution in [0.2, 0.25) is 10.0 Å². The number of halogens is 2. The first-order chi connectivity index (χ1) is 24.2. The fourth-order valence-corrected chi connectivity index (χ4v) is 7.10. The Balaban J connectivity index is 1.86. The van der Waals surface area contributed by atoms with Gasteiger partial charge in [0.25, 0.3) is 10.0 Å². The Morgan fingerprint density at radius 3 is 2.08 bits per heavy atom. The Labute approximate surface area is 310 Å². The van der Waals surface area contributed by atoms with Crippen molar-refractivity contribution in [3.63, 3.8) is 0 Å². The number of nitrogens with one attached hydrogen (secondary N) is 1. The number of ether oxygens (including phenoxy) is 3. The van der Waals surface area contributed by atoms with Gasteiger partial charge in [0.2, 0.25) is 11.8 Å². The van der Waals surface area contributed by atoms with E-state index >= 15 is 0 Å². The van der Waals surface area contributed by atoms with Crippen LogP contribution in [0.5, 0.6) is 17.2 Å². The second kappa shape index (κ2) is 17.2. The standard InChI is InChI=1S/C38H43Cl2N3O7S/c1-7-50-29-16-14-28(15-17-29)43(51(46,47)30-18-20-34(48-5)35(23-30)49-6)25-36(44)42(24-27-13-19-31(39)32(40)21-27)33(37(45)41-38(2,3)4)22-26-11-9-8-10-12-26/h8-21,23,33H,7,22,24-25H2,1-6H3,(H,41,45)/t33-/m0/s1. The maximum Gasteiger partial charge on any atom is 0.264 e. The molecule has 0 aliphatic rings. The summed E-state index contributed by atoms with van der Waals surface area (Å²) in [6.45, 7) is 7.06. The third kappa shape index (κ3) is 10.3. The lowest BCUT2D eigenvalue weighted by Crippen LogP contribution is -2.56. The van der Waals surface area contributed by atoms with Crippen LogP contribution in [-0.4, -0.2) is 64.1 Å². The number of benzene rings is 4. The Hall–Kier alpha value is -4.45. The Morgan fingerprint density at radius 2 is 1.49 bits per heavy atom. The van der Waals surface area contributed by atoms with Crippen molar-refractivity contribution in [2.24, 2.45) is 0 Å². The van der Waals surface area contributed by atoms with Gasteiger partial charge in [0.15, 0.2) is 11.5 Å². The monoisotopic (exact) mass is 755 g/mol. The summed E-state index contributed by atoms with van der Waals surface area (Å²) in [7, 11) is -1.57. The zero-order valence-corrected chi connectivity index (χ0v) is 31.8. The molecule has 4 aromatic rings. The first kappa shape index (κ1) is 39.3. The molecule has 2 amide bonds. The highest BCUT2D eigenvalue weighted by molar-refractivity contribution is 7.92. The molecule has 10 nitrogen and oxygen atoms in total. The number of carbonyl (C=O) groups excluding carboxylic acids is 2. The van der Waals surface area contributed by atoms with Crippen molar-refractivity contribution in [1.29, 1.82) is 0 Å². The van der Waals surface area contributed by atoms with Crippen LogP contribution in [0, 0.1) is 0 Å². The van der Waals surface area contributed by atoms with Crippen molar-refractivity contribution < 1.29 is 32.2 Å². The lowest BCUT2D eigenvalue weighted by molar-refractivity contribution is -0.140. The maximum absolute atomic E-state index is 14.8. The summed E-state index contributed by atoms with van der Waals surface area (Å²) in [5, 5.41) is 3.61. The van der Waals surface area contributed by atoms with E-state index in [1.165, 1.54) is 37.3 Å². The van der Waals surface area contributed by atoms with Crippen LogP contribution in [0.3, 0.4) is 0 Å². The van der Waals surface area contributed by atoms with E-state index < -0.39 is 40.0 Å². The molecule has 0 radical (unpaired) electrons. The molecule has 1 N–H and O–H groups in total. The van der Waals surface area contributed by atoms with Gasteiger partial charge in [0.05, 0.1) is 41.5 Å². The molecule has 13 heteroatoms. The molecule has 0 spiro atoms. The summed E-state index contributed by atoms with van der Waals surface area (Å²) in [6, 6.07) is 23.8. The number of anilines is 1. The molecule has 0 saturated carbocycles. The molecule has 0 saturated heterocycles. The molecule has 0 bridgehead atoms. The van der Waals surface area contributed by atoms with Crippen LogP contribution in [0.15, 0.2) is 95.9 Å². The predicted molar refractivity (Wildman–Crippen MR) is 201 cm³/mol. The average Bonchev–Trinajstić information content (AvgIpc) is 3.10. The maximum atomic E-state index is 14.8. The molecular weight excluding hydrogens is 713 g/mol. The van der Waals surface area contributed by atoms with E-state index in [9.17, 15) is 18.0 Å². The molecule has 272 valence electrons. The molecule has 0 fully saturated rings. The Morgan fingerprint density at radius 1 is 0.824 bits per heavy atom. The summed E-state index contributed by atoms with van der Waals surface area (Å²) in [4.78, 5) is 30.1. The molecule has 0 aliphatic heterocycles. The molecule has 4 aromatic carbocycles. The summed E-state index contributed by atoms with van der Waals surface area (Å²) < 4.78 is 46.3. The fraction of sp³-hybridized carbons (Fsp3) is 0.316. The van der Waals surface area contributed by atoms with Gasteiger partial charge in [-0.25, -0.2) is 8.42 Å². The zero-order chi connectivity index (χ0) is 37.3. The minimum absolute atomic E-state index is 0.0711. The van der Waals surface area contributed by atoms with Crippen molar-refractivity contribution in [1.82, 2.24) is 10.2 Å². The average molecular weight is 757 g/mol. The quantitative estimate of drug-likeness (QED) is 0.137. The predicted octanol–water partition coefficient (Wildman–Crippen LogP) is 7.16. The van der Waals surface area contributed by atoms with Crippen molar-refractivity contribution in [3.05, 3.63) is 112 Å². The summed E-state index contributed by atoms with van der Waals surface area (Å²) in [6.07, 6.45) is 0.154. The van der Waals surface area contributed by atoms with Crippen LogP contribution in [0.1, 0.15) is 38.8 Å². The fourth-order valence-electron chi connectivity index (χ4n) is 5.35. The lowest BCUT2D eigenvalue weighted by atomic mass is 10.0. The number of methoxy groups -OCH3 is 2. The Bertz CT molecular complexity index is 1920. The number of nitrogens with zero attached hydrogens (tertiary/aromatic N) is 2. The second-order valence-electron chi connectivity index (χ2n) is 12.7. The highest BCUT2D eigenvalue weighted by Gasteiger charge is 2.36. The van der Waals surface area contributed by atoms with Crippen LogP contribution >= 0.6 is 23.2 Å². The number of hydrogen-bond acceptors (Lipinski definition) is 7. The largest absolute Gasteiger partial charge is 0.494 e. The van der Waals surface area contributed by atoms with Gasteiger partial charge in [-0.15, -0.1) is 0 Å². The highest BCUT2D eigenvalue weighted by Crippen LogP contribution is 2.33. The van der Waals surface area contributed by atoms with E-state index in [0.717, 1.165) is 9.87 Å². The van der Waals surface area contributed by atoms with E-state index in [0.29, 0.717) is 28.7 Å². The molecule has 0 aliphatic carbocycles. The van der Waals surface area contributed by atoms with Gasteiger partial charge < -0.3 is 24.4 Å². The third-order valence-electron chi connectivity index (χ3n) is 7.76. The van der Waals surface area contributed by atoms with E-state index in [4.69, 9.17) is 37.4 Å². The number of rotatable bonds is 15. The van der Waals surface area contributed by atoms with E-state index in [2.05, 4.69) is 5.32 Å². The van der Waals surface area contributed by atoms with Crippen molar-refractivity contribution in [3.8, 4) is 17.2 Å². The van der Waals surface area contributed by atoms with Crippen LogP contribution in [-0.2, 0) is 32.6 Å². The summed E-state index contributed by atoms with van der Waals surface area (Å²) in [5.41, 5.74) is 0.972. The topological polar surface area (TPSA) is 114 Å². The molecule has 0 aromatic heterocycles. The minimum Gasteiger partial charge on any atom is -0.494 e. The van der Waals surface area contributed by atoms with Gasteiger partial charge in [-0.2, -0.15) is 0 Å². The Kier molecular flexibility index (Phi) is 13.2. The van der Waals surface area contributed by atoms with Gasteiger partial charge in [-0.05, 0) is 87.4 Å². The first-order valence-electron chi connectivity index (χ1n) is 16.2. The summed E-state index contributed by atoms with van der Waals surface area (Å²) in [5.74, 6) is 0.0133. The van der Waals surface area contributed by atoms with E-state index in [1.54, 1.807) is 42.5 Å². The number of sulfonamides is 1. The van der Waals surface area contributed by atoms with Crippen LogP contribution < -0.4 is 23.8 Å². The van der Waals surface area contributed by atoms with Gasteiger partial charge in [-0.3, -0.25) is 13.9 Å². The van der Waals surface area contributed by atoms with Gasteiger partial charge in [0, 0.05) is 24.6 Å². The van der Waals surface area contributed by atoms with E-state index in [1.807, 2.05) is 58.0 Å². The van der Waals surface area contributed by atoms with Crippen molar-refractivity contribution in [2.75, 3.05) is 31.7 Å². The molecule has 0 heterocycles. The van der Waals surface area contributed by atoms with Gasteiger partial charge in [-0.1, -0.05) is 59.6 Å². The van der Waals surface area contributed by atoms with E-state index in [-0.39, 0.29) is 34.3 Å². The molecular formula is C38H43Cl2N3O7S. The van der Waals surface area contributed by atoms with Gasteiger partial charge >= 0.3 is 0 Å². The minimum atomic E-state index is -4.41. The smallest absolute Gasteiger partial charge is 0.264 e. The molecule has 51 heavy (non-hydrogen) atoms. The number of hydrogen-bond donors (Lipinski definition) is 1. The van der Waals surface area contributed by atoms with Crippen LogP contribution in [0.4, 0.5) is 5.69 Å². The number of carbonyl (C=O) groups is 2. The molecule has 0 unspecified atom stereocenters. The SMILES string of the molecule is CCOc1ccc(N(CC(=O)N(Cc2ccc(Cl)c(Cl)c2)[C@@H](Cc2ccccc2)C(=O)NC(C)(C)C)S(=O)(=O)c2ccc(OC)c(OC)c2)cc1. The summed E-state index contributed by atoms with van der Waals surface area (Å²) >= 11 is 12.6. The zero-order valence-electron chi connectivity index (χ0n) is 29.5. The highest BCUT2D eigenvalue weighted by atomic mass is 35.5. The molecule has 1 atom stereocenters. The van der Waals surface area contributed by atoms with Gasteiger partial charge in [0.1, 0.15) is 18.3 Å². The normalized spacial score (nSPS) is 12.1. The number of amides is 2. The third-order valence-corrected chi connectivity index (χ3v) is 10.3. The second-order valence-corrected chi connectivity index (χ2v) is 15.3. The molecule has 4 rings (SSSR count).